The van der Waals surface area contributed by atoms with E-state index in [0.717, 1.165) is 5.69 Å². The first kappa shape index (κ1) is 19.9. The Hall–Kier alpha value is -1.87. The molecule has 1 N–H and O–H groups in total. The predicted octanol–water partition coefficient (Wildman–Crippen LogP) is 3.05. The first-order valence-corrected chi connectivity index (χ1v) is 10.6. The summed E-state index contributed by atoms with van der Waals surface area (Å²) in [7, 11) is -1.93. The Morgan fingerprint density at radius 3 is 2.33 bits per heavy atom. The van der Waals surface area contributed by atoms with Gasteiger partial charge in [0, 0.05) is 31.2 Å². The number of anilines is 1. The van der Waals surface area contributed by atoms with Crippen LogP contribution in [0.1, 0.15) is 0 Å². The fourth-order valence-corrected chi connectivity index (χ4v) is 4.67. The van der Waals surface area contributed by atoms with E-state index in [4.69, 9.17) is 28.6 Å². The SMILES string of the molecule is COc1ccccc1NC(=S)N1CCN(S(=O)(=O)c2ccc(Cl)cc2)CC1. The Labute approximate surface area is 169 Å². The monoisotopic (exact) mass is 425 g/mol. The van der Waals surface area contributed by atoms with Crippen molar-refractivity contribution in [1.29, 1.82) is 0 Å². The van der Waals surface area contributed by atoms with E-state index in [1.807, 2.05) is 29.2 Å². The van der Waals surface area contributed by atoms with Gasteiger partial charge in [-0.25, -0.2) is 8.42 Å². The van der Waals surface area contributed by atoms with Crippen LogP contribution in [0.2, 0.25) is 5.02 Å². The second kappa shape index (κ2) is 8.43. The summed E-state index contributed by atoms with van der Waals surface area (Å²) in [6.07, 6.45) is 0. The van der Waals surface area contributed by atoms with Gasteiger partial charge in [0.1, 0.15) is 5.75 Å². The highest BCUT2D eigenvalue weighted by Gasteiger charge is 2.29. The minimum absolute atomic E-state index is 0.245. The minimum Gasteiger partial charge on any atom is -0.495 e. The van der Waals surface area contributed by atoms with E-state index in [-0.39, 0.29) is 4.90 Å². The van der Waals surface area contributed by atoms with Crippen LogP contribution >= 0.6 is 23.8 Å². The molecule has 2 aromatic carbocycles. The molecule has 0 radical (unpaired) electrons. The van der Waals surface area contributed by atoms with Gasteiger partial charge in [-0.15, -0.1) is 0 Å². The van der Waals surface area contributed by atoms with Gasteiger partial charge >= 0.3 is 0 Å². The Morgan fingerprint density at radius 2 is 1.70 bits per heavy atom. The first-order valence-electron chi connectivity index (χ1n) is 8.36. The van der Waals surface area contributed by atoms with E-state index in [1.165, 1.54) is 16.4 Å². The lowest BCUT2D eigenvalue weighted by Crippen LogP contribution is -2.51. The highest BCUT2D eigenvalue weighted by atomic mass is 35.5. The zero-order valence-electron chi connectivity index (χ0n) is 14.8. The summed E-state index contributed by atoms with van der Waals surface area (Å²) in [6, 6.07) is 13.7. The van der Waals surface area contributed by atoms with Gasteiger partial charge in [-0.3, -0.25) is 0 Å². The third-order valence-electron chi connectivity index (χ3n) is 4.33. The number of hydrogen-bond acceptors (Lipinski definition) is 4. The van der Waals surface area contributed by atoms with E-state index in [9.17, 15) is 8.42 Å². The lowest BCUT2D eigenvalue weighted by atomic mass is 10.3. The third-order valence-corrected chi connectivity index (χ3v) is 6.85. The molecule has 1 saturated heterocycles. The number of para-hydroxylation sites is 2. The second-order valence-corrected chi connectivity index (χ2v) is 8.74. The molecule has 144 valence electrons. The Kier molecular flexibility index (Phi) is 6.21. The molecule has 2 aromatic rings. The standard InChI is InChI=1S/C18H20ClN3O3S2/c1-25-17-5-3-2-4-16(17)20-18(26)21-10-12-22(13-11-21)27(23,24)15-8-6-14(19)7-9-15/h2-9H,10-13H2,1H3,(H,20,26). The first-order chi connectivity index (χ1) is 12.9. The molecule has 0 amide bonds. The van der Waals surface area contributed by atoms with Crippen LogP contribution in [-0.4, -0.2) is 56.0 Å². The van der Waals surface area contributed by atoms with Crippen LogP contribution in [-0.2, 0) is 10.0 Å². The molecule has 0 bridgehead atoms. The van der Waals surface area contributed by atoms with E-state index in [2.05, 4.69) is 5.32 Å². The van der Waals surface area contributed by atoms with Crippen molar-refractivity contribution in [3.63, 3.8) is 0 Å². The molecular formula is C18H20ClN3O3S2. The van der Waals surface area contributed by atoms with Gasteiger partial charge in [-0.1, -0.05) is 23.7 Å². The molecule has 6 nitrogen and oxygen atoms in total. The molecule has 3 rings (SSSR count). The van der Waals surface area contributed by atoms with Gasteiger partial charge in [0.2, 0.25) is 10.0 Å². The Morgan fingerprint density at radius 1 is 1.07 bits per heavy atom. The van der Waals surface area contributed by atoms with Crippen molar-refractivity contribution < 1.29 is 13.2 Å². The van der Waals surface area contributed by atoms with Gasteiger partial charge in [-0.05, 0) is 48.6 Å². The van der Waals surface area contributed by atoms with Crippen molar-refractivity contribution in [3.05, 3.63) is 53.6 Å². The molecule has 27 heavy (non-hydrogen) atoms. The predicted molar refractivity (Wildman–Crippen MR) is 111 cm³/mol. The van der Waals surface area contributed by atoms with Crippen LogP contribution in [0.3, 0.4) is 0 Å². The molecule has 0 aromatic heterocycles. The van der Waals surface area contributed by atoms with Gasteiger partial charge < -0.3 is 15.0 Å². The number of nitrogens with zero attached hydrogens (tertiary/aromatic N) is 2. The van der Waals surface area contributed by atoms with Gasteiger partial charge in [-0.2, -0.15) is 4.31 Å². The molecule has 1 aliphatic heterocycles. The number of methoxy groups -OCH3 is 1. The summed E-state index contributed by atoms with van der Waals surface area (Å²) in [5.41, 5.74) is 0.779. The van der Waals surface area contributed by atoms with Crippen LogP contribution in [0.25, 0.3) is 0 Å². The number of benzene rings is 2. The third kappa shape index (κ3) is 4.52. The normalized spacial score (nSPS) is 15.4. The van der Waals surface area contributed by atoms with Gasteiger partial charge in [0.25, 0.3) is 0 Å². The smallest absolute Gasteiger partial charge is 0.243 e. The summed E-state index contributed by atoms with van der Waals surface area (Å²) in [5.74, 6) is 0.698. The highest BCUT2D eigenvalue weighted by Crippen LogP contribution is 2.24. The number of thiocarbonyl (C=S) groups is 1. The van der Waals surface area contributed by atoms with E-state index >= 15 is 0 Å². The molecule has 0 atom stereocenters. The Bertz CT molecular complexity index is 912. The van der Waals surface area contributed by atoms with Crippen LogP contribution in [0.5, 0.6) is 5.75 Å². The number of nitrogens with one attached hydrogen (secondary N) is 1. The van der Waals surface area contributed by atoms with Crippen molar-refractivity contribution in [1.82, 2.24) is 9.21 Å². The summed E-state index contributed by atoms with van der Waals surface area (Å²) in [6.45, 7) is 1.74. The fourth-order valence-electron chi connectivity index (χ4n) is 2.83. The maximum atomic E-state index is 12.7. The topological polar surface area (TPSA) is 61.9 Å². The molecule has 0 aliphatic carbocycles. The van der Waals surface area contributed by atoms with Crippen molar-refractivity contribution in [2.45, 2.75) is 4.90 Å². The molecule has 0 unspecified atom stereocenters. The number of piperazine rings is 1. The molecule has 1 heterocycles. The molecule has 9 heteroatoms. The lowest BCUT2D eigenvalue weighted by Gasteiger charge is -2.35. The van der Waals surface area contributed by atoms with E-state index in [1.54, 1.807) is 19.2 Å². The van der Waals surface area contributed by atoms with Crippen LogP contribution in [0.15, 0.2) is 53.4 Å². The minimum atomic E-state index is -3.53. The highest BCUT2D eigenvalue weighted by molar-refractivity contribution is 7.89. The van der Waals surface area contributed by atoms with Gasteiger partial charge in [0.15, 0.2) is 5.11 Å². The van der Waals surface area contributed by atoms with Crippen LogP contribution < -0.4 is 10.1 Å². The maximum Gasteiger partial charge on any atom is 0.243 e. The molecule has 0 spiro atoms. The zero-order valence-corrected chi connectivity index (χ0v) is 17.1. The van der Waals surface area contributed by atoms with Crippen molar-refractivity contribution in [3.8, 4) is 5.75 Å². The van der Waals surface area contributed by atoms with Crippen LogP contribution in [0.4, 0.5) is 5.69 Å². The van der Waals surface area contributed by atoms with Crippen molar-refractivity contribution >= 4 is 44.6 Å². The summed E-state index contributed by atoms with van der Waals surface area (Å²) in [5, 5.41) is 4.22. The molecule has 0 saturated carbocycles. The molecule has 1 fully saturated rings. The number of hydrogen-bond donors (Lipinski definition) is 1. The molecular weight excluding hydrogens is 406 g/mol. The zero-order chi connectivity index (χ0) is 19.4. The lowest BCUT2D eigenvalue weighted by molar-refractivity contribution is 0.268. The summed E-state index contributed by atoms with van der Waals surface area (Å²) >= 11 is 11.3. The average molecular weight is 426 g/mol. The number of sulfonamides is 1. The van der Waals surface area contributed by atoms with Crippen molar-refractivity contribution in [2.75, 3.05) is 38.6 Å². The Balaban J connectivity index is 1.63. The van der Waals surface area contributed by atoms with Gasteiger partial charge in [0.05, 0.1) is 17.7 Å². The second-order valence-electron chi connectivity index (χ2n) is 5.98. The number of halogens is 1. The number of ether oxygens (including phenoxy) is 1. The largest absolute Gasteiger partial charge is 0.495 e. The van der Waals surface area contributed by atoms with E-state index < -0.39 is 10.0 Å². The average Bonchev–Trinajstić information content (AvgIpc) is 2.69. The van der Waals surface area contributed by atoms with E-state index in [0.29, 0.717) is 42.1 Å². The van der Waals surface area contributed by atoms with Crippen molar-refractivity contribution in [2.24, 2.45) is 0 Å². The summed E-state index contributed by atoms with van der Waals surface area (Å²) < 4.78 is 32.3. The molecule has 1 aliphatic rings. The van der Waals surface area contributed by atoms with Crippen LogP contribution in [0, 0.1) is 0 Å². The fraction of sp³-hybridized carbons (Fsp3) is 0.278. The number of rotatable bonds is 4. The summed E-state index contributed by atoms with van der Waals surface area (Å²) in [4.78, 5) is 2.20. The maximum absolute atomic E-state index is 12.7. The quantitative estimate of drug-likeness (QED) is 0.759.